The Balaban J connectivity index is 1.83. The van der Waals surface area contributed by atoms with Gasteiger partial charge in [-0.15, -0.1) is 5.10 Å². The highest BCUT2D eigenvalue weighted by Gasteiger charge is 2.09. The van der Waals surface area contributed by atoms with Crippen molar-refractivity contribution in [2.45, 2.75) is 6.54 Å². The van der Waals surface area contributed by atoms with Crippen molar-refractivity contribution in [2.24, 2.45) is 0 Å². The lowest BCUT2D eigenvalue weighted by Crippen LogP contribution is -2.02. The summed E-state index contributed by atoms with van der Waals surface area (Å²) < 4.78 is 6.66. The van der Waals surface area contributed by atoms with Gasteiger partial charge in [-0.1, -0.05) is 16.8 Å². The van der Waals surface area contributed by atoms with E-state index < -0.39 is 0 Å². The van der Waals surface area contributed by atoms with Crippen molar-refractivity contribution in [3.63, 3.8) is 0 Å². The first kappa shape index (κ1) is 10.8. The maximum absolute atomic E-state index is 5.81. The minimum absolute atomic E-state index is 0.365. The van der Waals surface area contributed by atoms with Crippen LogP contribution in [0.1, 0.15) is 5.82 Å². The fourth-order valence-electron chi connectivity index (χ4n) is 1.43. The second kappa shape index (κ2) is 4.53. The third-order valence-corrected chi connectivity index (χ3v) is 2.51. The van der Waals surface area contributed by atoms with E-state index in [-0.39, 0.29) is 0 Å². The van der Waals surface area contributed by atoms with E-state index in [0.29, 0.717) is 23.3 Å². The molecule has 2 aromatic heterocycles. The van der Waals surface area contributed by atoms with Crippen LogP contribution in [0.5, 0.6) is 0 Å². The third-order valence-electron chi connectivity index (χ3n) is 2.25. The molecule has 2 heterocycles. The molecule has 0 unspecified atom stereocenters. The lowest BCUT2D eigenvalue weighted by Gasteiger charge is -1.93. The number of halogens is 1. The molecule has 0 N–H and O–H groups in total. The Morgan fingerprint density at radius 3 is 2.78 bits per heavy atom. The van der Waals surface area contributed by atoms with Gasteiger partial charge in [-0.2, -0.15) is 4.98 Å². The van der Waals surface area contributed by atoms with Crippen LogP contribution in [0.15, 0.2) is 35.1 Å². The van der Waals surface area contributed by atoms with Crippen LogP contribution in [0.25, 0.3) is 11.5 Å². The van der Waals surface area contributed by atoms with Crippen molar-refractivity contribution in [1.82, 2.24) is 30.3 Å². The number of nitrogens with zero attached hydrogens (tertiary/aromatic N) is 6. The van der Waals surface area contributed by atoms with Crippen molar-refractivity contribution >= 4 is 11.6 Å². The maximum Gasteiger partial charge on any atom is 0.257 e. The molecule has 0 atom stereocenters. The number of hydrogen-bond acceptors (Lipinski definition) is 6. The molecule has 8 heteroatoms. The summed E-state index contributed by atoms with van der Waals surface area (Å²) >= 11 is 5.81. The summed E-state index contributed by atoms with van der Waals surface area (Å²) in [6.07, 6.45) is 1.48. The predicted molar refractivity (Wildman–Crippen MR) is 61.7 cm³/mol. The standard InChI is InChI=1S/C10H7ClN6O/c11-8-3-1-7(2-4-8)10-13-9(14-18-10)5-17-6-12-15-16-17/h1-4,6H,5H2. The zero-order chi connectivity index (χ0) is 12.4. The molecular weight excluding hydrogens is 256 g/mol. The van der Waals surface area contributed by atoms with Gasteiger partial charge in [0.1, 0.15) is 12.9 Å². The van der Waals surface area contributed by atoms with Gasteiger partial charge >= 0.3 is 0 Å². The molecule has 0 spiro atoms. The number of tetrazole rings is 1. The monoisotopic (exact) mass is 262 g/mol. The molecule has 0 aliphatic heterocycles. The Labute approximate surface area is 106 Å². The van der Waals surface area contributed by atoms with Crippen LogP contribution in [0.2, 0.25) is 5.02 Å². The topological polar surface area (TPSA) is 82.5 Å². The summed E-state index contributed by atoms with van der Waals surface area (Å²) in [5.74, 6) is 0.946. The SMILES string of the molecule is Clc1ccc(-c2nc(Cn3cnnn3)no2)cc1. The van der Waals surface area contributed by atoms with Gasteiger partial charge in [0, 0.05) is 10.6 Å². The normalized spacial score (nSPS) is 10.7. The fourth-order valence-corrected chi connectivity index (χ4v) is 1.55. The minimum atomic E-state index is 0.365. The van der Waals surface area contributed by atoms with E-state index in [1.807, 2.05) is 12.1 Å². The summed E-state index contributed by atoms with van der Waals surface area (Å²) in [5.41, 5.74) is 0.815. The van der Waals surface area contributed by atoms with Crippen LogP contribution >= 0.6 is 11.6 Å². The molecule has 0 aliphatic carbocycles. The molecule has 0 amide bonds. The lowest BCUT2D eigenvalue weighted by atomic mass is 10.2. The Hall–Kier alpha value is -2.28. The van der Waals surface area contributed by atoms with Gasteiger partial charge in [0.05, 0.1) is 0 Å². The smallest absolute Gasteiger partial charge is 0.257 e. The molecule has 0 fully saturated rings. The second-order valence-corrected chi connectivity index (χ2v) is 3.97. The molecule has 0 bridgehead atoms. The van der Waals surface area contributed by atoms with Crippen LogP contribution in [0.4, 0.5) is 0 Å². The Bertz CT molecular complexity index is 633. The molecule has 18 heavy (non-hydrogen) atoms. The highest BCUT2D eigenvalue weighted by Crippen LogP contribution is 2.19. The van der Waals surface area contributed by atoms with E-state index >= 15 is 0 Å². The fraction of sp³-hybridized carbons (Fsp3) is 0.100. The van der Waals surface area contributed by atoms with Crippen molar-refractivity contribution in [3.8, 4) is 11.5 Å². The van der Waals surface area contributed by atoms with Crippen LogP contribution in [0, 0.1) is 0 Å². The molecule has 3 rings (SSSR count). The quantitative estimate of drug-likeness (QED) is 0.710. The number of rotatable bonds is 3. The molecule has 0 radical (unpaired) electrons. The number of benzene rings is 1. The van der Waals surface area contributed by atoms with E-state index in [1.54, 1.807) is 12.1 Å². The maximum atomic E-state index is 5.81. The summed E-state index contributed by atoms with van der Waals surface area (Å²) in [6, 6.07) is 7.16. The van der Waals surface area contributed by atoms with Gasteiger partial charge in [0.15, 0.2) is 5.82 Å². The first-order valence-electron chi connectivity index (χ1n) is 5.10. The average Bonchev–Trinajstić information content (AvgIpc) is 3.02. The van der Waals surface area contributed by atoms with Crippen LogP contribution < -0.4 is 0 Å². The Kier molecular flexibility index (Phi) is 2.73. The van der Waals surface area contributed by atoms with Crippen molar-refractivity contribution in [2.75, 3.05) is 0 Å². The summed E-state index contributed by atoms with van der Waals surface area (Å²) in [5, 5.41) is 15.3. The van der Waals surface area contributed by atoms with Gasteiger partial charge in [0.25, 0.3) is 5.89 Å². The van der Waals surface area contributed by atoms with Gasteiger partial charge in [-0.3, -0.25) is 0 Å². The van der Waals surface area contributed by atoms with Gasteiger partial charge < -0.3 is 4.52 Å². The molecule has 7 nitrogen and oxygen atoms in total. The van der Waals surface area contributed by atoms with Crippen molar-refractivity contribution in [3.05, 3.63) is 41.4 Å². The van der Waals surface area contributed by atoms with Gasteiger partial charge in [-0.25, -0.2) is 4.68 Å². The Morgan fingerprint density at radius 2 is 2.06 bits per heavy atom. The molecule has 1 aromatic carbocycles. The average molecular weight is 263 g/mol. The van der Waals surface area contributed by atoms with Gasteiger partial charge in [-0.05, 0) is 34.7 Å². The first-order chi connectivity index (χ1) is 8.81. The molecule has 90 valence electrons. The van der Waals surface area contributed by atoms with Crippen LogP contribution in [-0.2, 0) is 6.54 Å². The highest BCUT2D eigenvalue weighted by molar-refractivity contribution is 6.30. The first-order valence-corrected chi connectivity index (χ1v) is 5.48. The number of hydrogen-bond donors (Lipinski definition) is 0. The van der Waals surface area contributed by atoms with Crippen molar-refractivity contribution < 1.29 is 4.52 Å². The van der Waals surface area contributed by atoms with E-state index in [2.05, 4.69) is 25.7 Å². The molecule has 0 aliphatic rings. The highest BCUT2D eigenvalue weighted by atomic mass is 35.5. The predicted octanol–water partition coefficient (Wildman–Crippen LogP) is 1.42. The zero-order valence-electron chi connectivity index (χ0n) is 9.06. The third kappa shape index (κ3) is 2.21. The summed E-state index contributed by atoms with van der Waals surface area (Å²) in [4.78, 5) is 4.25. The summed E-state index contributed by atoms with van der Waals surface area (Å²) in [6.45, 7) is 0.365. The summed E-state index contributed by atoms with van der Waals surface area (Å²) in [7, 11) is 0. The second-order valence-electron chi connectivity index (χ2n) is 3.53. The molecular formula is C10H7ClN6O. The largest absolute Gasteiger partial charge is 0.334 e. The van der Waals surface area contributed by atoms with Crippen LogP contribution in [-0.4, -0.2) is 30.3 Å². The van der Waals surface area contributed by atoms with Crippen LogP contribution in [0.3, 0.4) is 0 Å². The van der Waals surface area contributed by atoms with E-state index in [0.717, 1.165) is 5.56 Å². The molecule has 3 aromatic rings. The van der Waals surface area contributed by atoms with E-state index in [9.17, 15) is 0 Å². The minimum Gasteiger partial charge on any atom is -0.334 e. The zero-order valence-corrected chi connectivity index (χ0v) is 9.82. The lowest BCUT2D eigenvalue weighted by molar-refractivity contribution is 0.418. The van der Waals surface area contributed by atoms with Gasteiger partial charge in [0.2, 0.25) is 0 Å². The molecule has 0 saturated heterocycles. The Morgan fingerprint density at radius 1 is 1.22 bits per heavy atom. The van der Waals surface area contributed by atoms with E-state index in [1.165, 1.54) is 11.0 Å². The molecule has 0 saturated carbocycles. The van der Waals surface area contributed by atoms with E-state index in [4.69, 9.17) is 16.1 Å². The number of aromatic nitrogens is 6. The van der Waals surface area contributed by atoms with Crippen molar-refractivity contribution in [1.29, 1.82) is 0 Å².